The van der Waals surface area contributed by atoms with Gasteiger partial charge < -0.3 is 4.55 Å². The van der Waals surface area contributed by atoms with E-state index in [0.717, 1.165) is 13.7 Å². The van der Waals surface area contributed by atoms with E-state index in [-0.39, 0.29) is 0 Å². The normalized spacial score (nSPS) is 14.9. The van der Waals surface area contributed by atoms with Crippen molar-refractivity contribution in [2.75, 3.05) is 20.7 Å². The second kappa shape index (κ2) is 5.74. The van der Waals surface area contributed by atoms with Crippen molar-refractivity contribution in [2.45, 2.75) is 6.92 Å². The lowest BCUT2D eigenvalue weighted by molar-refractivity contribution is 0.314. The Morgan fingerprint density at radius 1 is 1.50 bits per heavy atom. The molecule has 6 nitrogen and oxygen atoms in total. The first-order valence-electron chi connectivity index (χ1n) is 3.84. The predicted octanol–water partition coefficient (Wildman–Crippen LogP) is -0.186. The first-order valence-corrected chi connectivity index (χ1v) is 5.18. The third kappa shape index (κ3) is 6.58. The van der Waals surface area contributed by atoms with Gasteiger partial charge in [-0.1, -0.05) is 0 Å². The van der Waals surface area contributed by atoms with Gasteiger partial charge in [0.25, 0.3) is 0 Å². The van der Waals surface area contributed by atoms with E-state index in [1.165, 1.54) is 0 Å². The van der Waals surface area contributed by atoms with E-state index < -0.39 is 10.4 Å². The van der Waals surface area contributed by atoms with E-state index in [0.29, 0.717) is 0 Å². The summed E-state index contributed by atoms with van der Waals surface area (Å²) in [6.07, 6.45) is 3.98. The van der Waals surface area contributed by atoms with E-state index in [2.05, 4.69) is 17.8 Å². The molecule has 81 valence electrons. The fourth-order valence-electron chi connectivity index (χ4n) is 0.626. The van der Waals surface area contributed by atoms with Gasteiger partial charge in [-0.05, 0) is 6.92 Å². The molecule has 0 aromatic heterocycles. The highest BCUT2D eigenvalue weighted by molar-refractivity contribution is 7.80. The fraction of sp³-hybridized carbons (Fsp3) is 0.571. The van der Waals surface area contributed by atoms with E-state index in [9.17, 15) is 13.0 Å². The molecule has 0 spiro atoms. The molecular weight excluding hydrogens is 208 g/mol. The van der Waals surface area contributed by atoms with Crippen molar-refractivity contribution in [3.05, 3.63) is 19.1 Å². The lowest BCUT2D eigenvalue weighted by Gasteiger charge is -1.98. The van der Waals surface area contributed by atoms with E-state index in [4.69, 9.17) is 0 Å². The summed E-state index contributed by atoms with van der Waals surface area (Å²) in [5, 5.41) is 0. The van der Waals surface area contributed by atoms with Gasteiger partial charge in [-0.25, -0.2) is 8.42 Å². The summed E-state index contributed by atoms with van der Waals surface area (Å²) in [5.74, 6) is 0. The van der Waals surface area contributed by atoms with Crippen LogP contribution >= 0.6 is 0 Å². The third-order valence-corrected chi connectivity index (χ3v) is 1.71. The van der Waals surface area contributed by atoms with Crippen LogP contribution in [0.4, 0.5) is 0 Å². The highest BCUT2D eigenvalue weighted by Crippen LogP contribution is 2.06. The zero-order valence-corrected chi connectivity index (χ0v) is 9.11. The number of hydrogen-bond acceptors (Lipinski definition) is 6. The van der Waals surface area contributed by atoms with Crippen LogP contribution in [0.25, 0.3) is 0 Å². The molecule has 1 aliphatic rings. The van der Waals surface area contributed by atoms with Gasteiger partial charge in [-0.15, -0.1) is 9.80 Å². The summed E-state index contributed by atoms with van der Waals surface area (Å²) in [4.78, 5) is 3.91. The van der Waals surface area contributed by atoms with Crippen LogP contribution in [0.2, 0.25) is 0 Å². The lowest BCUT2D eigenvalue weighted by atomic mass is 10.6. The molecule has 0 unspecified atom stereocenters. The first kappa shape index (κ1) is 13.1. The summed E-state index contributed by atoms with van der Waals surface area (Å²) in [6, 6.07) is 0. The Bertz CT molecular complexity index is 275. The van der Waals surface area contributed by atoms with Gasteiger partial charge in [0.05, 0.1) is 33.1 Å². The standard InChI is InChI=1S/C6H10N2.CH4O4S/c1-3-8-5-4-7(2)6-8;1-5-6(2,3)4/h4-5H,3H2,1-2H3;1H3,(H,2,3,4)/q+1;/p-1. The van der Waals surface area contributed by atoms with Crippen molar-refractivity contribution < 1.29 is 17.2 Å². The summed E-state index contributed by atoms with van der Waals surface area (Å²) >= 11 is 0. The van der Waals surface area contributed by atoms with Crippen LogP contribution in [0.3, 0.4) is 0 Å². The molecule has 1 aliphatic heterocycles. The minimum Gasteiger partial charge on any atom is -0.726 e. The van der Waals surface area contributed by atoms with Crippen molar-refractivity contribution in [3.63, 3.8) is 0 Å². The van der Waals surface area contributed by atoms with Crippen LogP contribution < -0.4 is 0 Å². The van der Waals surface area contributed by atoms with Crippen molar-refractivity contribution in [1.82, 2.24) is 9.80 Å². The Morgan fingerprint density at radius 2 is 2.00 bits per heavy atom. The van der Waals surface area contributed by atoms with Gasteiger partial charge in [0.15, 0.2) is 0 Å². The van der Waals surface area contributed by atoms with E-state index >= 15 is 0 Å². The predicted molar refractivity (Wildman–Crippen MR) is 49.2 cm³/mol. The topological polar surface area (TPSA) is 72.9 Å². The summed E-state index contributed by atoms with van der Waals surface area (Å²) in [7, 11) is -1.64. The fourth-order valence-corrected chi connectivity index (χ4v) is 0.626. The molecule has 0 N–H and O–H groups in total. The first-order chi connectivity index (χ1) is 6.39. The van der Waals surface area contributed by atoms with Gasteiger partial charge in [0, 0.05) is 0 Å². The summed E-state index contributed by atoms with van der Waals surface area (Å²) in [6.45, 7) is 6.15. The smallest absolute Gasteiger partial charge is 0.564 e. The van der Waals surface area contributed by atoms with Crippen LogP contribution in [-0.2, 0) is 14.6 Å². The maximum absolute atomic E-state index is 9.22. The Kier molecular flexibility index (Phi) is 5.36. The largest absolute Gasteiger partial charge is 0.726 e. The van der Waals surface area contributed by atoms with Crippen LogP contribution in [0.5, 0.6) is 0 Å². The average molecular weight is 221 g/mol. The molecule has 0 atom stereocenters. The third-order valence-electron chi connectivity index (χ3n) is 1.30. The Balaban J connectivity index is 0.000000255. The second-order valence-corrected chi connectivity index (χ2v) is 3.52. The molecule has 7 heteroatoms. The molecule has 1 rings (SSSR count). The van der Waals surface area contributed by atoms with E-state index in [1.54, 1.807) is 0 Å². The van der Waals surface area contributed by atoms with Gasteiger partial charge in [0.2, 0.25) is 10.4 Å². The molecule has 0 saturated heterocycles. The molecule has 0 aromatic carbocycles. The quantitative estimate of drug-likeness (QED) is 0.366. The van der Waals surface area contributed by atoms with Gasteiger partial charge in [-0.3, -0.25) is 4.18 Å². The van der Waals surface area contributed by atoms with Crippen molar-refractivity contribution in [2.24, 2.45) is 0 Å². The molecule has 1 heterocycles. The highest BCUT2D eigenvalue weighted by atomic mass is 32.3. The highest BCUT2D eigenvalue weighted by Gasteiger charge is 2.25. The van der Waals surface area contributed by atoms with Crippen molar-refractivity contribution in [3.8, 4) is 0 Å². The number of rotatable bonds is 2. The summed E-state index contributed by atoms with van der Waals surface area (Å²) in [5.41, 5.74) is 0. The van der Waals surface area contributed by atoms with Gasteiger partial charge >= 0.3 is 6.67 Å². The van der Waals surface area contributed by atoms with Crippen LogP contribution in [0.1, 0.15) is 6.92 Å². The second-order valence-electron chi connectivity index (χ2n) is 2.37. The molecule has 14 heavy (non-hydrogen) atoms. The van der Waals surface area contributed by atoms with Crippen molar-refractivity contribution >= 4 is 10.4 Å². The minimum atomic E-state index is -4.41. The summed E-state index contributed by atoms with van der Waals surface area (Å²) < 4.78 is 31.0. The molecule has 0 aromatic rings. The molecule has 0 amide bonds. The van der Waals surface area contributed by atoms with Gasteiger partial charge in [0.1, 0.15) is 0 Å². The molecule has 0 fully saturated rings. The van der Waals surface area contributed by atoms with Crippen LogP contribution in [0.15, 0.2) is 12.4 Å². The SMILES string of the molecule is CCN1[C+]N(C)C=C1.COS(=O)(=O)[O-]. The van der Waals surface area contributed by atoms with Crippen LogP contribution in [0, 0.1) is 6.67 Å². The molecular formula is C7H13N2O4S. The van der Waals surface area contributed by atoms with Gasteiger partial charge in [-0.2, -0.15) is 0 Å². The maximum Gasteiger partial charge on any atom is 0.564 e. The van der Waals surface area contributed by atoms with Crippen LogP contribution in [-0.4, -0.2) is 43.5 Å². The van der Waals surface area contributed by atoms with Crippen molar-refractivity contribution in [1.29, 1.82) is 0 Å². The Labute approximate surface area is 84.7 Å². The molecule has 1 radical (unpaired) electrons. The Morgan fingerprint density at radius 3 is 2.14 bits per heavy atom. The number of nitrogens with zero attached hydrogens (tertiary/aromatic N) is 2. The molecule has 0 bridgehead atoms. The molecule has 0 saturated carbocycles. The van der Waals surface area contributed by atoms with E-state index in [1.807, 2.05) is 29.2 Å². The number of hydrogen-bond donors (Lipinski definition) is 0. The molecule has 0 aliphatic carbocycles. The zero-order chi connectivity index (χ0) is 11.2. The zero-order valence-electron chi connectivity index (χ0n) is 8.30. The maximum atomic E-state index is 9.22. The monoisotopic (exact) mass is 221 g/mol. The average Bonchev–Trinajstić information content (AvgIpc) is 2.51. The Hall–Kier alpha value is -0.920. The lowest BCUT2D eigenvalue weighted by Crippen LogP contribution is -2.15. The minimum absolute atomic E-state index is 0.808.